The van der Waals surface area contributed by atoms with Gasteiger partial charge in [-0.1, -0.05) is 19.1 Å². The maximum atomic E-state index is 13.0. The van der Waals surface area contributed by atoms with Crippen LogP contribution in [0.15, 0.2) is 32.9 Å². The SMILES string of the molecule is CCCN(Cc1nnc(-c2cccs2)o1)C(=O)CSc1c(C)c(C)cc(C)c1C. The number of hydrogen-bond donors (Lipinski definition) is 0. The van der Waals surface area contributed by atoms with Gasteiger partial charge in [-0.2, -0.15) is 0 Å². The summed E-state index contributed by atoms with van der Waals surface area (Å²) in [6, 6.07) is 6.10. The van der Waals surface area contributed by atoms with Crippen molar-refractivity contribution in [3.05, 3.63) is 51.7 Å². The Hall–Kier alpha value is -2.12. The zero-order chi connectivity index (χ0) is 21.0. The summed E-state index contributed by atoms with van der Waals surface area (Å²) in [5.41, 5.74) is 5.04. The van der Waals surface area contributed by atoms with Crippen LogP contribution in [0.4, 0.5) is 0 Å². The molecule has 2 aromatic heterocycles. The molecule has 1 amide bonds. The Labute approximate surface area is 180 Å². The number of benzene rings is 1. The van der Waals surface area contributed by atoms with E-state index in [9.17, 15) is 4.79 Å². The first-order chi connectivity index (χ1) is 13.9. The van der Waals surface area contributed by atoms with Gasteiger partial charge in [0.1, 0.15) is 0 Å². The number of nitrogens with zero attached hydrogens (tertiary/aromatic N) is 3. The molecule has 3 rings (SSSR count). The monoisotopic (exact) mass is 429 g/mol. The molecule has 0 fully saturated rings. The lowest BCUT2D eigenvalue weighted by molar-refractivity contribution is -0.129. The normalized spacial score (nSPS) is 11.1. The maximum absolute atomic E-state index is 13.0. The molecule has 0 radical (unpaired) electrons. The van der Waals surface area contributed by atoms with Crippen LogP contribution in [-0.4, -0.2) is 33.3 Å². The second-order valence-corrected chi connectivity index (χ2v) is 9.11. The van der Waals surface area contributed by atoms with E-state index in [1.165, 1.54) is 27.1 Å². The van der Waals surface area contributed by atoms with Gasteiger partial charge in [-0.15, -0.1) is 33.3 Å². The minimum atomic E-state index is 0.0886. The summed E-state index contributed by atoms with van der Waals surface area (Å²) >= 11 is 3.18. The molecular formula is C22H27N3O2S2. The zero-order valence-electron chi connectivity index (χ0n) is 17.6. The molecule has 0 aliphatic heterocycles. The summed E-state index contributed by atoms with van der Waals surface area (Å²) in [5, 5.41) is 10.2. The van der Waals surface area contributed by atoms with Crippen molar-refractivity contribution >= 4 is 29.0 Å². The predicted octanol–water partition coefficient (Wildman–Crippen LogP) is 5.56. The number of thioether (sulfide) groups is 1. The Morgan fingerprint density at radius 2 is 1.90 bits per heavy atom. The van der Waals surface area contributed by atoms with Crippen molar-refractivity contribution in [2.24, 2.45) is 0 Å². The van der Waals surface area contributed by atoms with Crippen LogP contribution in [-0.2, 0) is 11.3 Å². The van der Waals surface area contributed by atoms with Gasteiger partial charge in [0.15, 0.2) is 0 Å². The Balaban J connectivity index is 1.69. The van der Waals surface area contributed by atoms with Crippen molar-refractivity contribution in [1.29, 1.82) is 0 Å². The first-order valence-corrected chi connectivity index (χ1v) is 11.6. The van der Waals surface area contributed by atoms with E-state index in [0.29, 0.717) is 30.6 Å². The highest BCUT2D eigenvalue weighted by atomic mass is 32.2. The van der Waals surface area contributed by atoms with Crippen LogP contribution < -0.4 is 0 Å². The van der Waals surface area contributed by atoms with Crippen LogP contribution in [0.2, 0.25) is 0 Å². The molecule has 5 nitrogen and oxygen atoms in total. The number of carbonyl (C=O) groups is 1. The van der Waals surface area contributed by atoms with Crippen LogP contribution >= 0.6 is 23.1 Å². The van der Waals surface area contributed by atoms with Crippen molar-refractivity contribution in [3.8, 4) is 10.8 Å². The molecular weight excluding hydrogens is 402 g/mol. The van der Waals surface area contributed by atoms with Crippen LogP contribution in [0.5, 0.6) is 0 Å². The fourth-order valence-electron chi connectivity index (χ4n) is 3.16. The van der Waals surface area contributed by atoms with Gasteiger partial charge in [-0.25, -0.2) is 0 Å². The van der Waals surface area contributed by atoms with E-state index >= 15 is 0 Å². The molecule has 0 aliphatic carbocycles. The lowest BCUT2D eigenvalue weighted by Crippen LogP contribution is -2.32. The highest BCUT2D eigenvalue weighted by molar-refractivity contribution is 8.00. The van der Waals surface area contributed by atoms with Gasteiger partial charge in [0.05, 0.1) is 17.2 Å². The molecule has 1 aromatic carbocycles. The second kappa shape index (κ2) is 9.59. The Morgan fingerprint density at radius 1 is 1.17 bits per heavy atom. The van der Waals surface area contributed by atoms with E-state index in [2.05, 4.69) is 50.9 Å². The van der Waals surface area contributed by atoms with E-state index in [4.69, 9.17) is 4.42 Å². The average Bonchev–Trinajstić information content (AvgIpc) is 3.37. The fraction of sp³-hybridized carbons (Fsp3) is 0.409. The van der Waals surface area contributed by atoms with Crippen molar-refractivity contribution in [2.75, 3.05) is 12.3 Å². The van der Waals surface area contributed by atoms with Crippen LogP contribution in [0.1, 0.15) is 41.5 Å². The van der Waals surface area contributed by atoms with E-state index < -0.39 is 0 Å². The molecule has 0 atom stereocenters. The molecule has 0 spiro atoms. The maximum Gasteiger partial charge on any atom is 0.257 e. The highest BCUT2D eigenvalue weighted by Crippen LogP contribution is 2.31. The van der Waals surface area contributed by atoms with Gasteiger partial charge < -0.3 is 9.32 Å². The average molecular weight is 430 g/mol. The summed E-state index contributed by atoms with van der Waals surface area (Å²) in [5.74, 6) is 1.47. The molecule has 0 N–H and O–H groups in total. The Morgan fingerprint density at radius 3 is 2.52 bits per heavy atom. The van der Waals surface area contributed by atoms with Crippen molar-refractivity contribution in [3.63, 3.8) is 0 Å². The number of aromatic nitrogens is 2. The number of hydrogen-bond acceptors (Lipinski definition) is 6. The molecule has 2 heterocycles. The first-order valence-electron chi connectivity index (χ1n) is 9.75. The van der Waals surface area contributed by atoms with Crippen LogP contribution in [0.25, 0.3) is 10.8 Å². The summed E-state index contributed by atoms with van der Waals surface area (Å²) in [7, 11) is 0. The molecule has 7 heteroatoms. The summed E-state index contributed by atoms with van der Waals surface area (Å²) in [6.45, 7) is 11.6. The Bertz CT molecular complexity index is 954. The third-order valence-corrected chi connectivity index (χ3v) is 7.16. The number of amides is 1. The summed E-state index contributed by atoms with van der Waals surface area (Å²) in [6.07, 6.45) is 0.879. The number of thiophene rings is 1. The zero-order valence-corrected chi connectivity index (χ0v) is 19.2. The predicted molar refractivity (Wildman–Crippen MR) is 119 cm³/mol. The third kappa shape index (κ3) is 5.08. The molecule has 154 valence electrons. The molecule has 3 aromatic rings. The standard InChI is InChI=1S/C22H27N3O2S2/c1-6-9-25(12-19-23-24-22(27-19)18-8-7-10-28-18)20(26)13-29-21-16(4)14(2)11-15(3)17(21)5/h7-8,10-11H,6,9,12-13H2,1-5H3. The number of aryl methyl sites for hydroxylation is 2. The van der Waals surface area contributed by atoms with Crippen molar-refractivity contribution in [1.82, 2.24) is 15.1 Å². The fourth-order valence-corrected chi connectivity index (χ4v) is 5.01. The minimum Gasteiger partial charge on any atom is -0.418 e. The minimum absolute atomic E-state index is 0.0886. The summed E-state index contributed by atoms with van der Waals surface area (Å²) in [4.78, 5) is 16.9. The molecule has 0 aliphatic rings. The van der Waals surface area contributed by atoms with Gasteiger partial charge in [-0.05, 0) is 67.8 Å². The van der Waals surface area contributed by atoms with Crippen LogP contribution in [0, 0.1) is 27.7 Å². The first kappa shape index (κ1) is 21.6. The third-order valence-electron chi connectivity index (χ3n) is 5.01. The van der Waals surface area contributed by atoms with Crippen molar-refractivity contribution < 1.29 is 9.21 Å². The smallest absolute Gasteiger partial charge is 0.257 e. The van der Waals surface area contributed by atoms with E-state index in [1.807, 2.05) is 22.4 Å². The molecule has 0 saturated heterocycles. The highest BCUT2D eigenvalue weighted by Gasteiger charge is 2.19. The lowest BCUT2D eigenvalue weighted by atomic mass is 10.0. The molecule has 0 bridgehead atoms. The second-order valence-electron chi connectivity index (χ2n) is 7.17. The lowest BCUT2D eigenvalue weighted by Gasteiger charge is -2.21. The largest absolute Gasteiger partial charge is 0.418 e. The topological polar surface area (TPSA) is 59.2 Å². The van der Waals surface area contributed by atoms with Gasteiger partial charge in [-0.3, -0.25) is 4.79 Å². The molecule has 0 unspecified atom stereocenters. The van der Waals surface area contributed by atoms with Gasteiger partial charge in [0.25, 0.3) is 5.89 Å². The number of carbonyl (C=O) groups excluding carboxylic acids is 1. The van der Waals surface area contributed by atoms with Gasteiger partial charge >= 0.3 is 0 Å². The number of rotatable bonds is 8. The molecule has 29 heavy (non-hydrogen) atoms. The van der Waals surface area contributed by atoms with Gasteiger partial charge in [0.2, 0.25) is 11.8 Å². The molecule has 0 saturated carbocycles. The van der Waals surface area contributed by atoms with Gasteiger partial charge in [0, 0.05) is 11.4 Å². The summed E-state index contributed by atoms with van der Waals surface area (Å²) < 4.78 is 5.77. The van der Waals surface area contributed by atoms with Crippen LogP contribution in [0.3, 0.4) is 0 Å². The Kier molecular flexibility index (Phi) is 7.14. The quantitative estimate of drug-likeness (QED) is 0.439. The van der Waals surface area contributed by atoms with E-state index in [0.717, 1.165) is 11.3 Å². The van der Waals surface area contributed by atoms with Crippen molar-refractivity contribution in [2.45, 2.75) is 52.5 Å². The van der Waals surface area contributed by atoms with E-state index in [-0.39, 0.29) is 5.91 Å². The van der Waals surface area contributed by atoms with E-state index in [1.54, 1.807) is 23.1 Å².